The summed E-state index contributed by atoms with van der Waals surface area (Å²) in [6.07, 6.45) is 9.11. The van der Waals surface area contributed by atoms with E-state index >= 15 is 0 Å². The predicted molar refractivity (Wildman–Crippen MR) is 75.8 cm³/mol. The van der Waals surface area contributed by atoms with Crippen molar-refractivity contribution in [2.75, 3.05) is 7.05 Å². The molecule has 0 radical (unpaired) electrons. The Kier molecular flexibility index (Phi) is 3.28. The Morgan fingerprint density at radius 2 is 2.17 bits per heavy atom. The second-order valence-corrected chi connectivity index (χ2v) is 5.29. The van der Waals surface area contributed by atoms with Crippen molar-refractivity contribution in [3.05, 3.63) is 42.2 Å². The van der Waals surface area contributed by atoms with Crippen molar-refractivity contribution in [3.8, 4) is 0 Å². The van der Waals surface area contributed by atoms with Crippen LogP contribution in [0.15, 0.2) is 36.7 Å². The Balaban J connectivity index is 1.98. The molecule has 0 amide bonds. The fourth-order valence-corrected chi connectivity index (χ4v) is 3.23. The first-order chi connectivity index (χ1) is 8.88. The summed E-state index contributed by atoms with van der Waals surface area (Å²) in [7, 11) is 2.08. The summed E-state index contributed by atoms with van der Waals surface area (Å²) in [5.74, 6) is 0.684. The molecule has 1 N–H and O–H groups in total. The molecule has 1 aromatic heterocycles. The molecule has 1 fully saturated rings. The number of hydrogen-bond donors (Lipinski definition) is 1. The number of hydrogen-bond acceptors (Lipinski definition) is 2. The van der Waals surface area contributed by atoms with Gasteiger partial charge in [0, 0.05) is 23.8 Å². The van der Waals surface area contributed by atoms with Gasteiger partial charge in [-0.05, 0) is 49.2 Å². The second-order valence-electron chi connectivity index (χ2n) is 5.29. The SMILES string of the molecule is CNC1CCCC(c2cccc3ccncc23)C1. The van der Waals surface area contributed by atoms with Crippen LogP contribution in [0.2, 0.25) is 0 Å². The van der Waals surface area contributed by atoms with Gasteiger partial charge in [-0.15, -0.1) is 0 Å². The van der Waals surface area contributed by atoms with E-state index < -0.39 is 0 Å². The molecule has 3 rings (SSSR count). The highest BCUT2D eigenvalue weighted by molar-refractivity contribution is 5.85. The maximum atomic E-state index is 4.29. The van der Waals surface area contributed by atoms with E-state index in [1.807, 2.05) is 12.4 Å². The van der Waals surface area contributed by atoms with E-state index in [1.165, 1.54) is 42.0 Å². The van der Waals surface area contributed by atoms with Crippen molar-refractivity contribution in [1.29, 1.82) is 0 Å². The standard InChI is InChI=1S/C16H20N2/c1-17-14-6-2-5-13(10-14)15-7-3-4-12-8-9-18-11-16(12)15/h3-4,7-9,11,13-14,17H,2,5-6,10H2,1H3. The lowest BCUT2D eigenvalue weighted by atomic mass is 9.80. The van der Waals surface area contributed by atoms with Crippen molar-refractivity contribution in [3.63, 3.8) is 0 Å². The highest BCUT2D eigenvalue weighted by Crippen LogP contribution is 2.36. The lowest BCUT2D eigenvalue weighted by Crippen LogP contribution is -2.30. The molecule has 0 saturated heterocycles. The number of nitrogens with zero attached hydrogens (tertiary/aromatic N) is 1. The van der Waals surface area contributed by atoms with Crippen molar-refractivity contribution in [1.82, 2.24) is 10.3 Å². The summed E-state index contributed by atoms with van der Waals surface area (Å²) in [5.41, 5.74) is 1.49. The third-order valence-corrected chi connectivity index (χ3v) is 4.24. The summed E-state index contributed by atoms with van der Waals surface area (Å²) in [4.78, 5) is 4.29. The zero-order valence-electron chi connectivity index (χ0n) is 10.9. The minimum absolute atomic E-state index is 0.677. The summed E-state index contributed by atoms with van der Waals surface area (Å²) in [5, 5.41) is 6.08. The minimum Gasteiger partial charge on any atom is -0.317 e. The maximum Gasteiger partial charge on any atom is 0.0349 e. The topological polar surface area (TPSA) is 24.9 Å². The molecule has 1 saturated carbocycles. The molecule has 1 aliphatic carbocycles. The van der Waals surface area contributed by atoms with E-state index in [9.17, 15) is 0 Å². The van der Waals surface area contributed by atoms with Crippen LogP contribution in [0.25, 0.3) is 10.8 Å². The fourth-order valence-electron chi connectivity index (χ4n) is 3.23. The lowest BCUT2D eigenvalue weighted by Gasteiger charge is -2.29. The zero-order chi connectivity index (χ0) is 12.4. The summed E-state index contributed by atoms with van der Waals surface area (Å²) in [6.45, 7) is 0. The molecule has 2 aromatic rings. The van der Waals surface area contributed by atoms with E-state index in [0.717, 1.165) is 0 Å². The third kappa shape index (κ3) is 2.13. The average molecular weight is 240 g/mol. The average Bonchev–Trinajstić information content (AvgIpc) is 2.47. The molecule has 0 spiro atoms. The van der Waals surface area contributed by atoms with Crippen LogP contribution in [-0.2, 0) is 0 Å². The number of pyridine rings is 1. The molecule has 2 nitrogen and oxygen atoms in total. The fraction of sp³-hybridized carbons (Fsp3) is 0.438. The van der Waals surface area contributed by atoms with Gasteiger partial charge in [0.2, 0.25) is 0 Å². The number of benzene rings is 1. The molecule has 94 valence electrons. The highest BCUT2D eigenvalue weighted by atomic mass is 14.9. The largest absolute Gasteiger partial charge is 0.317 e. The van der Waals surface area contributed by atoms with Crippen molar-refractivity contribution in [2.24, 2.45) is 0 Å². The van der Waals surface area contributed by atoms with E-state index in [4.69, 9.17) is 0 Å². The van der Waals surface area contributed by atoms with Crippen molar-refractivity contribution in [2.45, 2.75) is 37.6 Å². The molecule has 18 heavy (non-hydrogen) atoms. The van der Waals surface area contributed by atoms with Gasteiger partial charge in [-0.25, -0.2) is 0 Å². The van der Waals surface area contributed by atoms with Gasteiger partial charge in [0.25, 0.3) is 0 Å². The number of fused-ring (bicyclic) bond motifs is 1. The molecule has 1 heterocycles. The smallest absolute Gasteiger partial charge is 0.0349 e. The summed E-state index contributed by atoms with van der Waals surface area (Å²) >= 11 is 0. The van der Waals surface area contributed by atoms with Gasteiger partial charge in [-0.3, -0.25) is 4.98 Å². The number of nitrogens with one attached hydrogen (secondary N) is 1. The first-order valence-corrected chi connectivity index (χ1v) is 6.88. The molecule has 1 aliphatic rings. The van der Waals surface area contributed by atoms with Crippen LogP contribution in [0.4, 0.5) is 0 Å². The predicted octanol–water partition coefficient (Wildman–Crippen LogP) is 3.48. The first kappa shape index (κ1) is 11.7. The molecular weight excluding hydrogens is 220 g/mol. The first-order valence-electron chi connectivity index (χ1n) is 6.88. The molecule has 0 bridgehead atoms. The van der Waals surface area contributed by atoms with Gasteiger partial charge < -0.3 is 5.32 Å². The summed E-state index contributed by atoms with van der Waals surface area (Å²) in [6, 6.07) is 9.43. The third-order valence-electron chi connectivity index (χ3n) is 4.24. The van der Waals surface area contributed by atoms with Crippen LogP contribution in [0.5, 0.6) is 0 Å². The molecule has 0 aliphatic heterocycles. The molecule has 1 aromatic carbocycles. The molecular formula is C16H20N2. The van der Waals surface area contributed by atoms with Crippen LogP contribution in [0.1, 0.15) is 37.2 Å². The number of rotatable bonds is 2. The maximum absolute atomic E-state index is 4.29. The monoisotopic (exact) mass is 240 g/mol. The van der Waals surface area contributed by atoms with Crippen LogP contribution < -0.4 is 5.32 Å². The Labute approximate surface area is 108 Å². The Morgan fingerprint density at radius 1 is 1.22 bits per heavy atom. The van der Waals surface area contributed by atoms with Crippen LogP contribution >= 0.6 is 0 Å². The summed E-state index contributed by atoms with van der Waals surface area (Å²) < 4.78 is 0. The highest BCUT2D eigenvalue weighted by Gasteiger charge is 2.23. The Bertz CT molecular complexity index is 530. The van der Waals surface area contributed by atoms with Crippen molar-refractivity contribution < 1.29 is 0 Å². The van der Waals surface area contributed by atoms with E-state index in [-0.39, 0.29) is 0 Å². The van der Waals surface area contributed by atoms with Gasteiger partial charge in [-0.2, -0.15) is 0 Å². The van der Waals surface area contributed by atoms with Gasteiger partial charge in [0.1, 0.15) is 0 Å². The normalized spacial score (nSPS) is 24.3. The quantitative estimate of drug-likeness (QED) is 0.869. The molecule has 2 heteroatoms. The number of aromatic nitrogens is 1. The molecule has 2 atom stereocenters. The van der Waals surface area contributed by atoms with Gasteiger partial charge in [0.05, 0.1) is 0 Å². The Morgan fingerprint density at radius 3 is 3.06 bits per heavy atom. The lowest BCUT2D eigenvalue weighted by molar-refractivity contribution is 0.356. The van der Waals surface area contributed by atoms with Crippen molar-refractivity contribution >= 4 is 10.8 Å². The minimum atomic E-state index is 0.677. The van der Waals surface area contributed by atoms with Gasteiger partial charge >= 0.3 is 0 Å². The second kappa shape index (κ2) is 5.07. The van der Waals surface area contributed by atoms with Crippen LogP contribution in [0, 0.1) is 0 Å². The van der Waals surface area contributed by atoms with Gasteiger partial charge in [-0.1, -0.05) is 24.6 Å². The zero-order valence-corrected chi connectivity index (χ0v) is 10.9. The van der Waals surface area contributed by atoms with E-state index in [2.05, 4.69) is 41.6 Å². The van der Waals surface area contributed by atoms with Crippen LogP contribution in [0.3, 0.4) is 0 Å². The van der Waals surface area contributed by atoms with Crippen LogP contribution in [-0.4, -0.2) is 18.1 Å². The molecule has 2 unspecified atom stereocenters. The Hall–Kier alpha value is -1.41. The van der Waals surface area contributed by atoms with Gasteiger partial charge in [0.15, 0.2) is 0 Å². The van der Waals surface area contributed by atoms with E-state index in [1.54, 1.807) is 0 Å². The van der Waals surface area contributed by atoms with E-state index in [0.29, 0.717) is 12.0 Å².